The summed E-state index contributed by atoms with van der Waals surface area (Å²) in [5.41, 5.74) is -1.55. The molecule has 21 heavy (non-hydrogen) atoms. The molecule has 0 bridgehead atoms. The number of aromatic nitrogens is 2. The Balaban J connectivity index is 2.58. The Hall–Kier alpha value is -2.44. The predicted octanol–water partition coefficient (Wildman–Crippen LogP) is 1.90. The molecule has 0 saturated carbocycles. The van der Waals surface area contributed by atoms with Crippen LogP contribution < -0.4 is 10.9 Å². The van der Waals surface area contributed by atoms with Crippen LogP contribution in [0.5, 0.6) is 0 Å². The molecule has 112 valence electrons. The number of aliphatic carboxylic acids is 1. The van der Waals surface area contributed by atoms with E-state index in [1.54, 1.807) is 6.92 Å². The van der Waals surface area contributed by atoms with Gasteiger partial charge in [0.2, 0.25) is 0 Å². The zero-order chi connectivity index (χ0) is 15.8. The fraction of sp³-hybridized carbons (Fsp3) is 0.357. The van der Waals surface area contributed by atoms with Gasteiger partial charge in [0.15, 0.2) is 5.82 Å². The van der Waals surface area contributed by atoms with Crippen molar-refractivity contribution in [3.63, 3.8) is 0 Å². The summed E-state index contributed by atoms with van der Waals surface area (Å²) >= 11 is 0. The summed E-state index contributed by atoms with van der Waals surface area (Å²) < 4.78 is 14.1. The number of hydrogen-bond acceptors (Lipinski definition) is 4. The number of nitrogens with zero attached hydrogens (tertiary/aromatic N) is 1. The van der Waals surface area contributed by atoms with E-state index in [0.29, 0.717) is 12.2 Å². The van der Waals surface area contributed by atoms with Crippen LogP contribution in [0.15, 0.2) is 16.9 Å². The minimum atomic E-state index is -1.29. The molecule has 2 rings (SSSR count). The quantitative estimate of drug-likeness (QED) is 0.800. The van der Waals surface area contributed by atoms with Gasteiger partial charge in [-0.1, -0.05) is 6.92 Å². The lowest BCUT2D eigenvalue weighted by Gasteiger charge is -2.22. The molecule has 1 aromatic carbocycles. The van der Waals surface area contributed by atoms with Crippen molar-refractivity contribution in [1.29, 1.82) is 0 Å². The van der Waals surface area contributed by atoms with Crippen molar-refractivity contribution >= 4 is 22.6 Å². The molecule has 6 nitrogen and oxygen atoms in total. The molecule has 0 unspecified atom stereocenters. The fourth-order valence-electron chi connectivity index (χ4n) is 1.90. The van der Waals surface area contributed by atoms with Gasteiger partial charge in [-0.2, -0.15) is 0 Å². The van der Waals surface area contributed by atoms with Gasteiger partial charge in [0.1, 0.15) is 16.9 Å². The summed E-state index contributed by atoms with van der Waals surface area (Å²) in [7, 11) is 0. The largest absolute Gasteiger partial charge is 0.480 e. The van der Waals surface area contributed by atoms with Crippen molar-refractivity contribution in [2.24, 2.45) is 0 Å². The molecule has 1 heterocycles. The highest BCUT2D eigenvalue weighted by Crippen LogP contribution is 2.22. The van der Waals surface area contributed by atoms with Gasteiger partial charge in [-0.05, 0) is 26.0 Å². The standard InChI is InChI=1S/C14H16FN3O3/c1-4-10-16-11-8(12(19)17-10)5-7(6-9(11)15)18-14(2,3)13(20)21/h5-6,18H,4H2,1-3H3,(H,20,21)(H,16,17,19). The summed E-state index contributed by atoms with van der Waals surface area (Å²) in [5.74, 6) is -1.36. The van der Waals surface area contributed by atoms with Crippen molar-refractivity contribution in [2.75, 3.05) is 5.32 Å². The van der Waals surface area contributed by atoms with E-state index in [0.717, 1.165) is 6.07 Å². The first kappa shape index (κ1) is 15.0. The molecule has 0 aliphatic heterocycles. The number of aromatic amines is 1. The van der Waals surface area contributed by atoms with Crippen LogP contribution in [0.4, 0.5) is 10.1 Å². The van der Waals surface area contributed by atoms with Crippen molar-refractivity contribution < 1.29 is 14.3 Å². The third kappa shape index (κ3) is 2.86. The summed E-state index contributed by atoms with van der Waals surface area (Å²) in [6.45, 7) is 4.69. The van der Waals surface area contributed by atoms with E-state index in [4.69, 9.17) is 5.11 Å². The maximum absolute atomic E-state index is 14.1. The van der Waals surface area contributed by atoms with Gasteiger partial charge in [0.05, 0.1) is 5.39 Å². The van der Waals surface area contributed by atoms with Crippen LogP contribution in [0.25, 0.3) is 10.9 Å². The van der Waals surface area contributed by atoms with Crippen LogP contribution in [0.1, 0.15) is 26.6 Å². The minimum Gasteiger partial charge on any atom is -0.480 e. The number of nitrogens with one attached hydrogen (secondary N) is 2. The predicted molar refractivity (Wildman–Crippen MR) is 77.0 cm³/mol. The summed E-state index contributed by atoms with van der Waals surface area (Å²) in [4.78, 5) is 29.7. The number of carboxylic acid groups (broad SMARTS) is 1. The first-order chi connectivity index (χ1) is 9.74. The molecule has 0 atom stereocenters. The normalized spacial score (nSPS) is 11.6. The number of hydrogen-bond donors (Lipinski definition) is 3. The van der Waals surface area contributed by atoms with E-state index in [2.05, 4.69) is 15.3 Å². The molecule has 0 spiro atoms. The SMILES string of the molecule is CCc1nc2c(F)cc(NC(C)(C)C(=O)O)cc2c(=O)[nH]1. The summed E-state index contributed by atoms with van der Waals surface area (Å²) in [6.07, 6.45) is 0.483. The highest BCUT2D eigenvalue weighted by Gasteiger charge is 2.27. The number of aryl methyl sites for hydroxylation is 1. The maximum Gasteiger partial charge on any atom is 0.328 e. The lowest BCUT2D eigenvalue weighted by molar-refractivity contribution is -0.141. The van der Waals surface area contributed by atoms with Crippen LogP contribution in [0.2, 0.25) is 0 Å². The number of benzene rings is 1. The van der Waals surface area contributed by atoms with Gasteiger partial charge in [-0.15, -0.1) is 0 Å². The molecule has 7 heteroatoms. The molecule has 0 saturated heterocycles. The average Bonchev–Trinajstić information content (AvgIpc) is 2.39. The first-order valence-electron chi connectivity index (χ1n) is 6.48. The number of H-pyrrole nitrogens is 1. The summed E-state index contributed by atoms with van der Waals surface area (Å²) in [5, 5.41) is 11.8. The first-order valence-corrected chi connectivity index (χ1v) is 6.48. The fourth-order valence-corrected chi connectivity index (χ4v) is 1.90. The Morgan fingerprint density at radius 2 is 2.14 bits per heavy atom. The van der Waals surface area contributed by atoms with Gasteiger partial charge in [-0.25, -0.2) is 14.2 Å². The van der Waals surface area contributed by atoms with E-state index in [-0.39, 0.29) is 16.6 Å². The van der Waals surface area contributed by atoms with Crippen LogP contribution in [-0.2, 0) is 11.2 Å². The third-order valence-corrected chi connectivity index (χ3v) is 3.14. The topological polar surface area (TPSA) is 95.1 Å². The van der Waals surface area contributed by atoms with Gasteiger partial charge < -0.3 is 15.4 Å². The second-order valence-electron chi connectivity index (χ2n) is 5.28. The lowest BCUT2D eigenvalue weighted by atomic mass is 10.1. The van der Waals surface area contributed by atoms with Gasteiger partial charge in [0.25, 0.3) is 5.56 Å². The zero-order valence-corrected chi connectivity index (χ0v) is 12.0. The van der Waals surface area contributed by atoms with Crippen LogP contribution >= 0.6 is 0 Å². The van der Waals surface area contributed by atoms with E-state index in [9.17, 15) is 14.0 Å². The van der Waals surface area contributed by atoms with E-state index < -0.39 is 22.9 Å². The van der Waals surface area contributed by atoms with Crippen LogP contribution in [0, 0.1) is 5.82 Å². The van der Waals surface area contributed by atoms with Gasteiger partial charge in [0, 0.05) is 12.1 Å². The number of anilines is 1. The second-order valence-corrected chi connectivity index (χ2v) is 5.28. The number of halogens is 1. The number of fused-ring (bicyclic) bond motifs is 1. The smallest absolute Gasteiger partial charge is 0.328 e. The minimum absolute atomic E-state index is 0.0192. The van der Waals surface area contributed by atoms with Crippen molar-refractivity contribution in [3.05, 3.63) is 34.1 Å². The second kappa shape index (κ2) is 5.16. The molecule has 0 aliphatic carbocycles. The monoisotopic (exact) mass is 293 g/mol. The molecule has 0 fully saturated rings. The third-order valence-electron chi connectivity index (χ3n) is 3.14. The number of carboxylic acids is 1. The Bertz CT molecular complexity index is 768. The van der Waals surface area contributed by atoms with Gasteiger partial charge in [-0.3, -0.25) is 4.79 Å². The van der Waals surface area contributed by atoms with E-state index >= 15 is 0 Å². The number of rotatable bonds is 4. The van der Waals surface area contributed by atoms with Gasteiger partial charge >= 0.3 is 5.97 Å². The molecule has 0 radical (unpaired) electrons. The van der Waals surface area contributed by atoms with E-state index in [1.165, 1.54) is 19.9 Å². The van der Waals surface area contributed by atoms with E-state index in [1.807, 2.05) is 0 Å². The molecule has 1 aromatic heterocycles. The highest BCUT2D eigenvalue weighted by atomic mass is 19.1. The number of carbonyl (C=O) groups is 1. The van der Waals surface area contributed by atoms with Crippen LogP contribution in [-0.4, -0.2) is 26.6 Å². The molecule has 2 aromatic rings. The highest BCUT2D eigenvalue weighted by molar-refractivity contribution is 5.85. The van der Waals surface area contributed by atoms with Crippen molar-refractivity contribution in [3.8, 4) is 0 Å². The summed E-state index contributed by atoms with van der Waals surface area (Å²) in [6, 6.07) is 2.54. The van der Waals surface area contributed by atoms with Crippen molar-refractivity contribution in [1.82, 2.24) is 9.97 Å². The maximum atomic E-state index is 14.1. The Kier molecular flexibility index (Phi) is 3.67. The Labute approximate surface area is 120 Å². The Morgan fingerprint density at radius 3 is 2.71 bits per heavy atom. The Morgan fingerprint density at radius 1 is 1.48 bits per heavy atom. The molecule has 0 amide bonds. The molecule has 3 N–H and O–H groups in total. The zero-order valence-electron chi connectivity index (χ0n) is 12.0. The molecule has 0 aliphatic rings. The average molecular weight is 293 g/mol. The molecular formula is C14H16FN3O3. The van der Waals surface area contributed by atoms with Crippen molar-refractivity contribution in [2.45, 2.75) is 32.7 Å². The molecular weight excluding hydrogens is 277 g/mol. The lowest BCUT2D eigenvalue weighted by Crippen LogP contribution is -2.40. The van der Waals surface area contributed by atoms with Crippen LogP contribution in [0.3, 0.4) is 0 Å².